The number of hydrogen-bond donors (Lipinski definition) is 1. The molecule has 0 amide bonds. The highest BCUT2D eigenvalue weighted by Gasteiger charge is 2.20. The molecule has 1 aromatic rings. The number of benzene rings is 1. The standard InChI is InChI=1S/C11H17NO4S2/c1-3-17(13,14)6-7-18(15,16)11-5-4-10(12)8-9(11)2/h4-5,8H,3,6-7,12H2,1-2H3. The maximum atomic E-state index is 12.0. The largest absolute Gasteiger partial charge is 0.399 e. The van der Waals surface area contributed by atoms with Gasteiger partial charge in [0.1, 0.15) is 0 Å². The number of aryl methyl sites for hydroxylation is 1. The maximum absolute atomic E-state index is 12.0. The van der Waals surface area contributed by atoms with Crippen molar-refractivity contribution >= 4 is 25.4 Å². The van der Waals surface area contributed by atoms with Crippen LogP contribution in [-0.4, -0.2) is 34.1 Å². The van der Waals surface area contributed by atoms with Crippen LogP contribution in [0.5, 0.6) is 0 Å². The molecule has 0 aliphatic heterocycles. The van der Waals surface area contributed by atoms with Crippen LogP contribution in [-0.2, 0) is 19.7 Å². The molecule has 0 bridgehead atoms. The van der Waals surface area contributed by atoms with Crippen LogP contribution in [0.25, 0.3) is 0 Å². The number of anilines is 1. The van der Waals surface area contributed by atoms with E-state index in [1.807, 2.05) is 0 Å². The molecule has 7 heteroatoms. The normalized spacial score (nSPS) is 12.6. The zero-order valence-electron chi connectivity index (χ0n) is 10.4. The smallest absolute Gasteiger partial charge is 0.179 e. The molecule has 0 aliphatic rings. The molecule has 2 N–H and O–H groups in total. The molecular formula is C11H17NO4S2. The first kappa shape index (κ1) is 15.0. The van der Waals surface area contributed by atoms with Crippen LogP contribution in [0.15, 0.2) is 23.1 Å². The molecule has 0 spiro atoms. The van der Waals surface area contributed by atoms with E-state index >= 15 is 0 Å². The van der Waals surface area contributed by atoms with Crippen LogP contribution in [0.1, 0.15) is 12.5 Å². The number of rotatable bonds is 5. The summed E-state index contributed by atoms with van der Waals surface area (Å²) in [6.45, 7) is 3.13. The first-order chi connectivity index (χ1) is 8.18. The lowest BCUT2D eigenvalue weighted by atomic mass is 10.2. The van der Waals surface area contributed by atoms with Crippen LogP contribution in [0, 0.1) is 6.92 Å². The summed E-state index contributed by atoms with van der Waals surface area (Å²) in [4.78, 5) is 0.142. The zero-order valence-corrected chi connectivity index (χ0v) is 12.0. The fraction of sp³-hybridized carbons (Fsp3) is 0.455. The summed E-state index contributed by atoms with van der Waals surface area (Å²) in [5.41, 5.74) is 6.56. The molecule has 0 heterocycles. The molecular weight excluding hydrogens is 274 g/mol. The van der Waals surface area contributed by atoms with Gasteiger partial charge in [-0.2, -0.15) is 0 Å². The second kappa shape index (κ2) is 5.27. The van der Waals surface area contributed by atoms with Gasteiger partial charge in [0.15, 0.2) is 19.7 Å². The number of nitrogens with two attached hydrogens (primary N) is 1. The maximum Gasteiger partial charge on any atom is 0.179 e. The predicted octanol–water partition coefficient (Wildman–Crippen LogP) is 0.786. The van der Waals surface area contributed by atoms with E-state index in [1.165, 1.54) is 19.1 Å². The minimum absolute atomic E-state index is 0.0523. The van der Waals surface area contributed by atoms with E-state index in [-0.39, 0.29) is 16.4 Å². The second-order valence-electron chi connectivity index (χ2n) is 4.08. The summed E-state index contributed by atoms with van der Waals surface area (Å²) >= 11 is 0. The summed E-state index contributed by atoms with van der Waals surface area (Å²) in [6.07, 6.45) is 0. The molecule has 0 saturated heterocycles. The Hall–Kier alpha value is -1.08. The third kappa shape index (κ3) is 3.71. The second-order valence-corrected chi connectivity index (χ2v) is 8.63. The van der Waals surface area contributed by atoms with Crippen LogP contribution in [0.3, 0.4) is 0 Å². The first-order valence-corrected chi connectivity index (χ1v) is 8.94. The van der Waals surface area contributed by atoms with Crippen molar-refractivity contribution in [1.82, 2.24) is 0 Å². The van der Waals surface area contributed by atoms with Crippen molar-refractivity contribution < 1.29 is 16.8 Å². The summed E-state index contributed by atoms with van der Waals surface area (Å²) in [7, 11) is -6.87. The van der Waals surface area contributed by atoms with Crippen molar-refractivity contribution in [3.8, 4) is 0 Å². The molecule has 0 aromatic heterocycles. The van der Waals surface area contributed by atoms with Crippen LogP contribution in [0.4, 0.5) is 5.69 Å². The molecule has 102 valence electrons. The van der Waals surface area contributed by atoms with Crippen LogP contribution >= 0.6 is 0 Å². The van der Waals surface area contributed by atoms with Crippen molar-refractivity contribution in [1.29, 1.82) is 0 Å². The average Bonchev–Trinajstić information content (AvgIpc) is 2.26. The Morgan fingerprint density at radius 3 is 2.22 bits per heavy atom. The van der Waals surface area contributed by atoms with Gasteiger partial charge >= 0.3 is 0 Å². The molecule has 0 fully saturated rings. The van der Waals surface area contributed by atoms with E-state index in [0.717, 1.165) is 0 Å². The Balaban J connectivity index is 3.01. The predicted molar refractivity (Wildman–Crippen MR) is 72.0 cm³/mol. The molecule has 0 radical (unpaired) electrons. The van der Waals surface area contributed by atoms with Crippen molar-refractivity contribution in [3.63, 3.8) is 0 Å². The van der Waals surface area contributed by atoms with Crippen molar-refractivity contribution in [2.24, 2.45) is 0 Å². The van der Waals surface area contributed by atoms with Gasteiger partial charge in [-0.15, -0.1) is 0 Å². The lowest BCUT2D eigenvalue weighted by Gasteiger charge is -2.08. The minimum atomic E-state index is -3.59. The van der Waals surface area contributed by atoms with Gasteiger partial charge in [-0.05, 0) is 30.7 Å². The first-order valence-electron chi connectivity index (χ1n) is 5.47. The fourth-order valence-corrected chi connectivity index (χ4v) is 4.74. The fourth-order valence-electron chi connectivity index (χ4n) is 1.51. The van der Waals surface area contributed by atoms with Crippen LogP contribution in [0.2, 0.25) is 0 Å². The van der Waals surface area contributed by atoms with Gasteiger partial charge in [0.25, 0.3) is 0 Å². The summed E-state index contributed by atoms with van der Waals surface area (Å²) in [6, 6.07) is 4.47. The van der Waals surface area contributed by atoms with E-state index in [4.69, 9.17) is 5.73 Å². The van der Waals surface area contributed by atoms with Gasteiger partial charge in [0.05, 0.1) is 16.4 Å². The molecule has 0 unspecified atom stereocenters. The molecule has 1 aromatic carbocycles. The Bertz CT molecular complexity index is 633. The van der Waals surface area contributed by atoms with Gasteiger partial charge in [-0.25, -0.2) is 16.8 Å². The lowest BCUT2D eigenvalue weighted by Crippen LogP contribution is -2.19. The van der Waals surface area contributed by atoms with Gasteiger partial charge < -0.3 is 5.73 Å². The lowest BCUT2D eigenvalue weighted by molar-refractivity contribution is 0.588. The Morgan fingerprint density at radius 2 is 1.72 bits per heavy atom. The highest BCUT2D eigenvalue weighted by atomic mass is 32.2. The Morgan fingerprint density at radius 1 is 1.11 bits per heavy atom. The quantitative estimate of drug-likeness (QED) is 0.809. The molecule has 1 rings (SSSR count). The average molecular weight is 291 g/mol. The van der Waals surface area contributed by atoms with E-state index in [2.05, 4.69) is 0 Å². The van der Waals surface area contributed by atoms with Crippen molar-refractivity contribution in [3.05, 3.63) is 23.8 Å². The SMILES string of the molecule is CCS(=O)(=O)CCS(=O)(=O)c1ccc(N)cc1C. The van der Waals surface area contributed by atoms with Gasteiger partial charge in [-0.3, -0.25) is 0 Å². The monoisotopic (exact) mass is 291 g/mol. The third-order valence-electron chi connectivity index (χ3n) is 2.64. The summed E-state index contributed by atoms with van der Waals surface area (Å²) < 4.78 is 46.7. The third-order valence-corrected chi connectivity index (χ3v) is 6.47. The Kier molecular flexibility index (Phi) is 4.39. The molecule has 5 nitrogen and oxygen atoms in total. The van der Waals surface area contributed by atoms with E-state index in [0.29, 0.717) is 11.3 Å². The summed E-state index contributed by atoms with van der Waals surface area (Å²) in [5, 5.41) is 0. The van der Waals surface area contributed by atoms with Crippen molar-refractivity contribution in [2.45, 2.75) is 18.7 Å². The van der Waals surface area contributed by atoms with E-state index < -0.39 is 25.4 Å². The van der Waals surface area contributed by atoms with Crippen LogP contribution < -0.4 is 5.73 Å². The molecule has 0 atom stereocenters. The van der Waals surface area contributed by atoms with E-state index in [1.54, 1.807) is 13.0 Å². The number of nitrogen functional groups attached to an aromatic ring is 1. The molecule has 0 aliphatic carbocycles. The highest BCUT2D eigenvalue weighted by molar-refractivity contribution is 7.95. The van der Waals surface area contributed by atoms with E-state index in [9.17, 15) is 16.8 Å². The van der Waals surface area contributed by atoms with Crippen molar-refractivity contribution in [2.75, 3.05) is 23.0 Å². The highest BCUT2D eigenvalue weighted by Crippen LogP contribution is 2.19. The number of sulfone groups is 2. The summed E-state index contributed by atoms with van der Waals surface area (Å²) in [5.74, 6) is -0.799. The topological polar surface area (TPSA) is 94.3 Å². The molecule has 0 saturated carbocycles. The van der Waals surface area contributed by atoms with Gasteiger partial charge in [0, 0.05) is 11.4 Å². The number of hydrogen-bond acceptors (Lipinski definition) is 5. The Labute approximate surface area is 108 Å². The minimum Gasteiger partial charge on any atom is -0.399 e. The van der Waals surface area contributed by atoms with Gasteiger partial charge in [-0.1, -0.05) is 6.92 Å². The van der Waals surface area contributed by atoms with Gasteiger partial charge in [0.2, 0.25) is 0 Å². The molecule has 18 heavy (non-hydrogen) atoms. The zero-order chi connectivity index (χ0) is 14.0.